The second kappa shape index (κ2) is 9.80. The summed E-state index contributed by atoms with van der Waals surface area (Å²) >= 11 is 6.20. The molecular weight excluding hydrogens is 412 g/mol. The van der Waals surface area contributed by atoms with Crippen LogP contribution in [0.1, 0.15) is 24.2 Å². The summed E-state index contributed by atoms with van der Waals surface area (Å²) in [6, 6.07) is 10.8. The first-order chi connectivity index (χ1) is 13.8. The molecule has 0 heterocycles. The van der Waals surface area contributed by atoms with E-state index in [1.165, 1.54) is 35.7 Å². The van der Waals surface area contributed by atoms with Gasteiger partial charge in [0, 0.05) is 13.1 Å². The number of carbonyl (C=O) groups is 1. The Hall–Kier alpha value is -2.51. The van der Waals surface area contributed by atoms with Crippen LogP contribution in [0.5, 0.6) is 5.75 Å². The maximum atomic E-state index is 13.4. The molecule has 0 saturated heterocycles. The van der Waals surface area contributed by atoms with Crippen molar-refractivity contribution in [1.82, 2.24) is 4.90 Å². The van der Waals surface area contributed by atoms with Gasteiger partial charge in [0.15, 0.2) is 0 Å². The number of carbonyl (C=O) groups excluding carboxylic acids is 1. The summed E-state index contributed by atoms with van der Waals surface area (Å²) in [5.74, 6) is 0.306. The lowest BCUT2D eigenvalue weighted by Crippen LogP contribution is -2.32. The topological polar surface area (TPSA) is 66.9 Å². The van der Waals surface area contributed by atoms with E-state index in [9.17, 15) is 13.2 Å². The van der Waals surface area contributed by atoms with Crippen LogP contribution in [-0.2, 0) is 10.0 Å². The minimum absolute atomic E-state index is 0.0184. The van der Waals surface area contributed by atoms with Gasteiger partial charge in [0.25, 0.3) is 15.9 Å². The Bertz CT molecular complexity index is 971. The maximum absolute atomic E-state index is 13.4. The van der Waals surface area contributed by atoms with Crippen molar-refractivity contribution >= 4 is 33.2 Å². The zero-order valence-electron chi connectivity index (χ0n) is 16.8. The van der Waals surface area contributed by atoms with Gasteiger partial charge in [-0.3, -0.25) is 9.10 Å². The summed E-state index contributed by atoms with van der Waals surface area (Å²) in [6.07, 6.45) is 1.50. The van der Waals surface area contributed by atoms with E-state index in [1.54, 1.807) is 29.2 Å². The van der Waals surface area contributed by atoms with Crippen molar-refractivity contribution in [2.45, 2.75) is 18.7 Å². The van der Waals surface area contributed by atoms with E-state index in [4.69, 9.17) is 16.3 Å². The van der Waals surface area contributed by atoms with Crippen molar-refractivity contribution in [3.63, 3.8) is 0 Å². The number of halogens is 1. The average molecular weight is 437 g/mol. The van der Waals surface area contributed by atoms with E-state index in [0.717, 1.165) is 0 Å². The SMILES string of the molecule is C=CCN(c1ccc(OC)cc1)S(=O)(=O)c1ccc(Cl)c(C(=O)N(CC)CC)c1. The fourth-order valence-electron chi connectivity index (χ4n) is 2.85. The van der Waals surface area contributed by atoms with Crippen LogP contribution < -0.4 is 9.04 Å². The zero-order valence-corrected chi connectivity index (χ0v) is 18.3. The zero-order chi connectivity index (χ0) is 21.6. The average Bonchev–Trinajstić information content (AvgIpc) is 2.73. The summed E-state index contributed by atoms with van der Waals surface area (Å²) in [7, 11) is -2.42. The Morgan fingerprint density at radius 1 is 1.14 bits per heavy atom. The predicted molar refractivity (Wildman–Crippen MR) is 116 cm³/mol. The van der Waals surface area contributed by atoms with Gasteiger partial charge in [-0.2, -0.15) is 0 Å². The third-order valence-electron chi connectivity index (χ3n) is 4.46. The van der Waals surface area contributed by atoms with Gasteiger partial charge in [-0.05, 0) is 56.3 Å². The smallest absolute Gasteiger partial charge is 0.264 e. The normalized spacial score (nSPS) is 11.0. The number of rotatable bonds is 9. The van der Waals surface area contributed by atoms with Crippen molar-refractivity contribution in [3.05, 3.63) is 65.7 Å². The Kier molecular flexibility index (Phi) is 7.70. The van der Waals surface area contributed by atoms with Gasteiger partial charge in [0.2, 0.25) is 0 Å². The molecule has 2 aromatic rings. The molecule has 0 atom stereocenters. The van der Waals surface area contributed by atoms with Crippen LogP contribution in [0, 0.1) is 0 Å². The van der Waals surface area contributed by atoms with Gasteiger partial charge in [0.1, 0.15) is 5.75 Å². The Morgan fingerprint density at radius 2 is 1.76 bits per heavy atom. The number of hydrogen-bond donors (Lipinski definition) is 0. The first-order valence-corrected chi connectivity index (χ1v) is 11.0. The lowest BCUT2D eigenvalue weighted by Gasteiger charge is -2.24. The fourth-order valence-corrected chi connectivity index (χ4v) is 4.51. The van der Waals surface area contributed by atoms with E-state index in [2.05, 4.69) is 6.58 Å². The number of benzene rings is 2. The molecule has 0 aliphatic heterocycles. The Balaban J connectivity index is 2.52. The molecule has 156 valence electrons. The third kappa shape index (κ3) is 4.92. The molecule has 0 aliphatic carbocycles. The summed E-state index contributed by atoms with van der Waals surface area (Å²) in [4.78, 5) is 14.3. The van der Waals surface area contributed by atoms with E-state index >= 15 is 0 Å². The monoisotopic (exact) mass is 436 g/mol. The summed E-state index contributed by atoms with van der Waals surface area (Å²) in [6.45, 7) is 8.42. The van der Waals surface area contributed by atoms with Crippen LogP contribution in [0.2, 0.25) is 5.02 Å². The number of hydrogen-bond acceptors (Lipinski definition) is 4. The molecule has 0 fully saturated rings. The van der Waals surface area contributed by atoms with Crippen molar-refractivity contribution in [1.29, 1.82) is 0 Å². The number of methoxy groups -OCH3 is 1. The highest BCUT2D eigenvalue weighted by Gasteiger charge is 2.26. The number of nitrogens with zero attached hydrogens (tertiary/aromatic N) is 2. The van der Waals surface area contributed by atoms with Gasteiger partial charge in [0.05, 0.1) is 34.8 Å². The van der Waals surface area contributed by atoms with Crippen LogP contribution in [0.3, 0.4) is 0 Å². The van der Waals surface area contributed by atoms with Crippen LogP contribution in [-0.4, -0.2) is 46.0 Å². The molecule has 0 N–H and O–H groups in total. The molecule has 0 radical (unpaired) electrons. The van der Waals surface area contributed by atoms with Crippen molar-refractivity contribution in [3.8, 4) is 5.75 Å². The number of sulfonamides is 1. The molecule has 0 aromatic heterocycles. The molecule has 6 nitrogen and oxygen atoms in total. The van der Waals surface area contributed by atoms with Crippen LogP contribution >= 0.6 is 11.6 Å². The highest BCUT2D eigenvalue weighted by Crippen LogP contribution is 2.28. The molecule has 0 spiro atoms. The Labute approximate surface area is 177 Å². The highest BCUT2D eigenvalue weighted by atomic mass is 35.5. The molecule has 0 aliphatic rings. The second-order valence-corrected chi connectivity index (χ2v) is 8.41. The molecule has 1 amide bonds. The summed E-state index contributed by atoms with van der Waals surface area (Å²) in [5.41, 5.74) is 0.613. The minimum atomic E-state index is -3.96. The molecular formula is C21H25ClN2O4S. The van der Waals surface area contributed by atoms with Gasteiger partial charge >= 0.3 is 0 Å². The molecule has 8 heteroatoms. The van der Waals surface area contributed by atoms with Gasteiger partial charge in [-0.15, -0.1) is 6.58 Å². The van der Waals surface area contributed by atoms with E-state index < -0.39 is 10.0 Å². The van der Waals surface area contributed by atoms with E-state index in [1.807, 2.05) is 13.8 Å². The summed E-state index contributed by atoms with van der Waals surface area (Å²) in [5, 5.41) is 0.209. The first kappa shape index (κ1) is 22.8. The molecule has 0 saturated carbocycles. The minimum Gasteiger partial charge on any atom is -0.497 e. The molecule has 0 bridgehead atoms. The molecule has 29 heavy (non-hydrogen) atoms. The Morgan fingerprint density at radius 3 is 2.28 bits per heavy atom. The maximum Gasteiger partial charge on any atom is 0.264 e. The lowest BCUT2D eigenvalue weighted by atomic mass is 10.2. The van der Waals surface area contributed by atoms with Crippen molar-refractivity contribution in [2.75, 3.05) is 31.0 Å². The van der Waals surface area contributed by atoms with Crippen LogP contribution in [0.25, 0.3) is 0 Å². The van der Waals surface area contributed by atoms with E-state index in [-0.39, 0.29) is 27.9 Å². The molecule has 2 aromatic carbocycles. The van der Waals surface area contributed by atoms with Crippen molar-refractivity contribution in [2.24, 2.45) is 0 Å². The van der Waals surface area contributed by atoms with Crippen molar-refractivity contribution < 1.29 is 17.9 Å². The van der Waals surface area contributed by atoms with Crippen LogP contribution in [0.15, 0.2) is 60.0 Å². The lowest BCUT2D eigenvalue weighted by molar-refractivity contribution is 0.0773. The molecule has 2 rings (SSSR count). The predicted octanol–water partition coefficient (Wildman–Crippen LogP) is 4.21. The summed E-state index contributed by atoms with van der Waals surface area (Å²) < 4.78 is 33.1. The third-order valence-corrected chi connectivity index (χ3v) is 6.58. The van der Waals surface area contributed by atoms with Gasteiger partial charge in [-0.25, -0.2) is 8.42 Å². The number of amides is 1. The van der Waals surface area contributed by atoms with Crippen LogP contribution in [0.4, 0.5) is 5.69 Å². The van der Waals surface area contributed by atoms with Gasteiger partial charge in [-0.1, -0.05) is 17.7 Å². The number of ether oxygens (including phenoxy) is 1. The highest BCUT2D eigenvalue weighted by molar-refractivity contribution is 7.92. The van der Waals surface area contributed by atoms with E-state index in [0.29, 0.717) is 24.5 Å². The quantitative estimate of drug-likeness (QED) is 0.552. The number of anilines is 1. The second-order valence-electron chi connectivity index (χ2n) is 6.14. The largest absolute Gasteiger partial charge is 0.497 e. The first-order valence-electron chi connectivity index (χ1n) is 9.16. The fraction of sp³-hybridized carbons (Fsp3) is 0.286. The standard InChI is InChI=1S/C21H25ClN2O4S/c1-5-14-24(16-8-10-17(28-4)11-9-16)29(26,27)18-12-13-20(22)19(15-18)21(25)23(6-2)7-3/h5,8-13,15H,1,6-7,14H2,2-4H3. The van der Waals surface area contributed by atoms with Gasteiger partial charge < -0.3 is 9.64 Å². The molecule has 0 unspecified atom stereocenters.